The summed E-state index contributed by atoms with van der Waals surface area (Å²) in [6.07, 6.45) is -4.17. The summed E-state index contributed by atoms with van der Waals surface area (Å²) in [5.41, 5.74) is 1.61. The smallest absolute Gasteiger partial charge is 0.417 e. The number of hydrogen-bond acceptors (Lipinski definition) is 5. The Morgan fingerprint density at radius 2 is 1.90 bits per heavy atom. The van der Waals surface area contributed by atoms with Crippen molar-refractivity contribution in [3.63, 3.8) is 0 Å². The van der Waals surface area contributed by atoms with Crippen molar-refractivity contribution in [1.82, 2.24) is 9.88 Å². The SMILES string of the molecule is CCOC(=O)CCC(=O)N1CCc2c([nH]c3ccc(OC)cc23)[C@H]1c1ccc(-c2ccccc2C(F)(F)F)o1. The van der Waals surface area contributed by atoms with Gasteiger partial charge in [-0.3, -0.25) is 9.59 Å². The number of hydrogen-bond donors (Lipinski definition) is 1. The molecular weight excluding hydrogens is 513 g/mol. The van der Waals surface area contributed by atoms with E-state index in [2.05, 4.69) is 4.98 Å². The first kappa shape index (κ1) is 26.4. The van der Waals surface area contributed by atoms with Gasteiger partial charge in [-0.25, -0.2) is 0 Å². The molecule has 1 aliphatic heterocycles. The van der Waals surface area contributed by atoms with Crippen LogP contribution in [0.25, 0.3) is 22.2 Å². The second kappa shape index (κ2) is 10.5. The van der Waals surface area contributed by atoms with Gasteiger partial charge in [0.05, 0.1) is 31.4 Å². The maximum Gasteiger partial charge on any atom is 0.417 e. The minimum absolute atomic E-state index is 0.0433. The molecule has 2 aromatic carbocycles. The summed E-state index contributed by atoms with van der Waals surface area (Å²) in [6, 6.07) is 13.2. The number of nitrogens with one attached hydrogen (secondary N) is 1. The third kappa shape index (κ3) is 5.10. The number of aromatic nitrogens is 1. The van der Waals surface area contributed by atoms with Crippen LogP contribution in [0.1, 0.15) is 48.4 Å². The summed E-state index contributed by atoms with van der Waals surface area (Å²) in [5, 5.41) is 0.933. The average molecular weight is 541 g/mol. The van der Waals surface area contributed by atoms with E-state index in [-0.39, 0.29) is 36.7 Å². The van der Waals surface area contributed by atoms with Crippen molar-refractivity contribution in [2.45, 2.75) is 38.4 Å². The molecule has 0 aliphatic carbocycles. The molecule has 4 aromatic rings. The minimum atomic E-state index is -4.56. The lowest BCUT2D eigenvalue weighted by Gasteiger charge is -2.34. The number of carbonyl (C=O) groups excluding carboxylic acids is 2. The first-order valence-electron chi connectivity index (χ1n) is 12.6. The maximum atomic E-state index is 13.7. The molecule has 39 heavy (non-hydrogen) atoms. The zero-order valence-corrected chi connectivity index (χ0v) is 21.4. The van der Waals surface area contributed by atoms with Crippen LogP contribution in [0, 0.1) is 0 Å². The number of esters is 1. The number of aromatic amines is 1. The van der Waals surface area contributed by atoms with Crippen LogP contribution < -0.4 is 4.74 Å². The largest absolute Gasteiger partial charge is 0.497 e. The van der Waals surface area contributed by atoms with Crippen molar-refractivity contribution in [3.8, 4) is 17.1 Å². The van der Waals surface area contributed by atoms with Gasteiger partial charge in [0.15, 0.2) is 0 Å². The Bertz CT molecular complexity index is 1520. The molecule has 1 aliphatic rings. The molecule has 0 radical (unpaired) electrons. The number of H-pyrrole nitrogens is 1. The van der Waals surface area contributed by atoms with E-state index in [4.69, 9.17) is 13.9 Å². The van der Waals surface area contributed by atoms with E-state index in [1.807, 2.05) is 18.2 Å². The van der Waals surface area contributed by atoms with Gasteiger partial charge in [0.1, 0.15) is 23.3 Å². The lowest BCUT2D eigenvalue weighted by atomic mass is 9.95. The highest BCUT2D eigenvalue weighted by Crippen LogP contribution is 2.43. The maximum absolute atomic E-state index is 13.7. The van der Waals surface area contributed by atoms with Crippen LogP contribution in [0.4, 0.5) is 13.2 Å². The van der Waals surface area contributed by atoms with E-state index >= 15 is 0 Å². The molecule has 1 N–H and O–H groups in total. The van der Waals surface area contributed by atoms with Gasteiger partial charge < -0.3 is 23.8 Å². The monoisotopic (exact) mass is 540 g/mol. The van der Waals surface area contributed by atoms with Crippen molar-refractivity contribution in [2.75, 3.05) is 20.3 Å². The topological polar surface area (TPSA) is 84.8 Å². The molecule has 1 amide bonds. The van der Waals surface area contributed by atoms with Crippen LogP contribution in [-0.4, -0.2) is 42.0 Å². The molecule has 0 saturated heterocycles. The Morgan fingerprint density at radius 1 is 1.10 bits per heavy atom. The summed E-state index contributed by atoms with van der Waals surface area (Å²) >= 11 is 0. The van der Waals surface area contributed by atoms with E-state index in [0.717, 1.165) is 22.5 Å². The number of benzene rings is 2. The predicted molar refractivity (Wildman–Crippen MR) is 137 cm³/mol. The van der Waals surface area contributed by atoms with Crippen molar-refractivity contribution < 1.29 is 36.7 Å². The van der Waals surface area contributed by atoms with Gasteiger partial charge in [-0.15, -0.1) is 0 Å². The fourth-order valence-electron chi connectivity index (χ4n) is 5.13. The number of carbonyl (C=O) groups is 2. The van der Waals surface area contributed by atoms with Crippen LogP contribution in [0.3, 0.4) is 0 Å². The fraction of sp³-hybridized carbons (Fsp3) is 0.310. The number of nitrogens with zero attached hydrogens (tertiary/aromatic N) is 1. The molecule has 2 aromatic heterocycles. The highest BCUT2D eigenvalue weighted by Gasteiger charge is 2.38. The van der Waals surface area contributed by atoms with Gasteiger partial charge in [0, 0.05) is 29.4 Å². The molecule has 0 unspecified atom stereocenters. The number of fused-ring (bicyclic) bond motifs is 3. The first-order chi connectivity index (χ1) is 18.7. The zero-order valence-electron chi connectivity index (χ0n) is 21.4. The molecule has 3 heterocycles. The summed E-state index contributed by atoms with van der Waals surface area (Å²) < 4.78 is 57.5. The Balaban J connectivity index is 1.57. The van der Waals surface area contributed by atoms with Gasteiger partial charge in [-0.05, 0) is 55.3 Å². The van der Waals surface area contributed by atoms with Crippen LogP contribution in [0.5, 0.6) is 5.75 Å². The van der Waals surface area contributed by atoms with Crippen molar-refractivity contribution >= 4 is 22.8 Å². The Morgan fingerprint density at radius 3 is 2.64 bits per heavy atom. The Labute approximate surface area is 222 Å². The number of furan rings is 1. The van der Waals surface area contributed by atoms with Crippen molar-refractivity contribution in [2.24, 2.45) is 0 Å². The summed E-state index contributed by atoms with van der Waals surface area (Å²) in [6.45, 7) is 2.24. The van der Waals surface area contributed by atoms with Crippen LogP contribution in [0.2, 0.25) is 0 Å². The normalized spacial score (nSPS) is 15.3. The molecule has 7 nitrogen and oxygen atoms in total. The number of alkyl halides is 3. The lowest BCUT2D eigenvalue weighted by Crippen LogP contribution is -2.40. The third-order valence-electron chi connectivity index (χ3n) is 6.90. The minimum Gasteiger partial charge on any atom is -0.497 e. The Hall–Kier alpha value is -4.21. The standard InChI is InChI=1S/C29H27F3N2O5/c1-3-38-26(36)13-12-25(35)34-15-14-18-20-16-17(37-2)8-9-22(20)33-27(18)28(34)24-11-10-23(39-24)19-6-4-5-7-21(19)29(30,31)32/h4-11,16,28,33H,3,12-15H2,1-2H3/t28-/m1/s1. The van der Waals surface area contributed by atoms with Gasteiger partial charge in [0.2, 0.25) is 5.91 Å². The van der Waals surface area contributed by atoms with Gasteiger partial charge in [0.25, 0.3) is 0 Å². The van der Waals surface area contributed by atoms with Crippen LogP contribution >= 0.6 is 0 Å². The lowest BCUT2D eigenvalue weighted by molar-refractivity contribution is -0.146. The fourth-order valence-corrected chi connectivity index (χ4v) is 5.13. The molecular formula is C29H27F3N2O5. The van der Waals surface area contributed by atoms with Crippen LogP contribution in [0.15, 0.2) is 59.0 Å². The molecule has 0 fully saturated rings. The van der Waals surface area contributed by atoms with E-state index in [1.54, 1.807) is 25.0 Å². The van der Waals surface area contributed by atoms with Crippen molar-refractivity contribution in [3.05, 3.63) is 77.2 Å². The van der Waals surface area contributed by atoms with E-state index in [1.165, 1.54) is 24.3 Å². The predicted octanol–water partition coefficient (Wildman–Crippen LogP) is 6.27. The number of methoxy groups -OCH3 is 1. The Kier molecular flexibility index (Phi) is 7.12. The number of amides is 1. The average Bonchev–Trinajstić information content (AvgIpc) is 3.55. The number of ether oxygens (including phenoxy) is 2. The van der Waals surface area contributed by atoms with Gasteiger partial charge in [-0.1, -0.05) is 18.2 Å². The van der Waals surface area contributed by atoms with Gasteiger partial charge in [-0.2, -0.15) is 13.2 Å². The van der Waals surface area contributed by atoms with Crippen LogP contribution in [-0.2, 0) is 26.9 Å². The molecule has 10 heteroatoms. The summed E-state index contributed by atoms with van der Waals surface area (Å²) in [5.74, 6) is 0.274. The summed E-state index contributed by atoms with van der Waals surface area (Å²) in [4.78, 5) is 30.3. The van der Waals surface area contributed by atoms with Crippen molar-refractivity contribution in [1.29, 1.82) is 0 Å². The molecule has 0 saturated carbocycles. The molecule has 0 bridgehead atoms. The van der Waals surface area contributed by atoms with E-state index in [0.29, 0.717) is 30.2 Å². The number of rotatable bonds is 7. The molecule has 5 rings (SSSR count). The number of halogens is 3. The van der Waals surface area contributed by atoms with E-state index in [9.17, 15) is 22.8 Å². The second-order valence-electron chi connectivity index (χ2n) is 9.22. The first-order valence-corrected chi connectivity index (χ1v) is 12.6. The molecule has 204 valence electrons. The molecule has 1 atom stereocenters. The highest BCUT2D eigenvalue weighted by atomic mass is 19.4. The zero-order chi connectivity index (χ0) is 27.7. The quantitative estimate of drug-likeness (QED) is 0.279. The van der Waals surface area contributed by atoms with E-state index < -0.39 is 23.8 Å². The van der Waals surface area contributed by atoms with Gasteiger partial charge >= 0.3 is 12.1 Å². The molecule has 0 spiro atoms. The third-order valence-corrected chi connectivity index (χ3v) is 6.90. The highest BCUT2D eigenvalue weighted by molar-refractivity contribution is 5.88. The second-order valence-corrected chi connectivity index (χ2v) is 9.22. The summed E-state index contributed by atoms with van der Waals surface area (Å²) in [7, 11) is 1.58.